The minimum Gasteiger partial charge on any atom is -0.485 e. The van der Waals surface area contributed by atoms with Gasteiger partial charge in [0.1, 0.15) is 19.3 Å². The molecule has 1 fully saturated rings. The number of rotatable bonds is 4. The van der Waals surface area contributed by atoms with Crippen LogP contribution in [0, 0.1) is 0 Å². The number of piperidine rings is 1. The first-order chi connectivity index (χ1) is 10.7. The lowest BCUT2D eigenvalue weighted by atomic mass is 10.1. The van der Waals surface area contributed by atoms with Gasteiger partial charge in [-0.25, -0.2) is 4.79 Å². The highest BCUT2D eigenvalue weighted by atomic mass is 16.6. The number of ether oxygens (including phenoxy) is 3. The molecule has 120 valence electrons. The van der Waals surface area contributed by atoms with Crippen molar-refractivity contribution >= 4 is 5.97 Å². The Bertz CT molecular complexity index is 513. The highest BCUT2D eigenvalue weighted by Gasteiger charge is 2.30. The van der Waals surface area contributed by atoms with Crippen LogP contribution in [0.4, 0.5) is 0 Å². The molecule has 1 saturated heterocycles. The molecule has 2 atom stereocenters. The molecule has 1 aromatic carbocycles. The lowest BCUT2D eigenvalue weighted by Gasteiger charge is -2.28. The number of likely N-dealkylation sites (tertiary alicyclic amines) is 1. The van der Waals surface area contributed by atoms with Gasteiger partial charge in [0.2, 0.25) is 6.10 Å². The van der Waals surface area contributed by atoms with Crippen LogP contribution in [-0.2, 0) is 9.53 Å². The third-order valence-corrected chi connectivity index (χ3v) is 4.23. The van der Waals surface area contributed by atoms with Crippen molar-refractivity contribution in [1.29, 1.82) is 0 Å². The Balaban J connectivity index is 1.49. The topological polar surface area (TPSA) is 49.2 Å². The monoisotopic (exact) mass is 306 g/mol. The Labute approximate surface area is 131 Å². The average molecular weight is 306 g/mol. The van der Waals surface area contributed by atoms with E-state index in [4.69, 9.17) is 14.2 Å². The van der Waals surface area contributed by atoms with E-state index in [0.717, 1.165) is 6.54 Å². The number of para-hydroxylation sites is 2. The quantitative estimate of drug-likeness (QED) is 0.837. The third kappa shape index (κ3) is 3.71. The highest BCUT2D eigenvalue weighted by molar-refractivity contribution is 5.76. The second kappa shape index (κ2) is 7.01. The second-order valence-corrected chi connectivity index (χ2v) is 6.13. The average Bonchev–Trinajstić information content (AvgIpc) is 2.55. The van der Waals surface area contributed by atoms with E-state index in [2.05, 4.69) is 0 Å². The maximum atomic E-state index is 12.2. The molecule has 2 aliphatic heterocycles. The van der Waals surface area contributed by atoms with Crippen molar-refractivity contribution in [3.05, 3.63) is 24.3 Å². The summed E-state index contributed by atoms with van der Waals surface area (Å²) in [6.07, 6.45) is 3.10. The van der Waals surface area contributed by atoms with E-state index in [1.807, 2.05) is 25.1 Å². The Hall–Kier alpha value is -1.75. The summed E-state index contributed by atoms with van der Waals surface area (Å²) >= 11 is 0. The number of quaternary nitrogens is 1. The van der Waals surface area contributed by atoms with Gasteiger partial charge in [-0.1, -0.05) is 12.1 Å². The summed E-state index contributed by atoms with van der Waals surface area (Å²) < 4.78 is 16.8. The minimum absolute atomic E-state index is 0.0960. The Kier molecular flexibility index (Phi) is 4.83. The summed E-state index contributed by atoms with van der Waals surface area (Å²) in [6, 6.07) is 7.37. The van der Waals surface area contributed by atoms with Gasteiger partial charge >= 0.3 is 5.97 Å². The number of hydrogen-bond donors (Lipinski definition) is 1. The Morgan fingerprint density at radius 3 is 2.77 bits per heavy atom. The molecule has 2 unspecified atom stereocenters. The van der Waals surface area contributed by atoms with Crippen LogP contribution in [0.15, 0.2) is 24.3 Å². The van der Waals surface area contributed by atoms with Crippen LogP contribution in [-0.4, -0.2) is 44.4 Å². The maximum absolute atomic E-state index is 12.2. The normalized spacial score (nSPS) is 22.9. The van der Waals surface area contributed by atoms with Crippen LogP contribution in [0.25, 0.3) is 0 Å². The van der Waals surface area contributed by atoms with Gasteiger partial charge in [-0.2, -0.15) is 0 Å². The van der Waals surface area contributed by atoms with Crippen LogP contribution < -0.4 is 14.4 Å². The van der Waals surface area contributed by atoms with E-state index in [1.54, 1.807) is 6.07 Å². The molecule has 5 nitrogen and oxygen atoms in total. The summed E-state index contributed by atoms with van der Waals surface area (Å²) in [5.41, 5.74) is 0. The third-order valence-electron chi connectivity index (χ3n) is 4.23. The van der Waals surface area contributed by atoms with Crippen molar-refractivity contribution in [2.45, 2.75) is 38.4 Å². The number of nitrogens with one attached hydrogen (secondary N) is 1. The molecule has 2 heterocycles. The number of benzene rings is 1. The van der Waals surface area contributed by atoms with Crippen LogP contribution in [0.5, 0.6) is 11.5 Å². The molecule has 22 heavy (non-hydrogen) atoms. The molecule has 2 aliphatic rings. The molecule has 0 aromatic heterocycles. The van der Waals surface area contributed by atoms with Gasteiger partial charge in [-0.15, -0.1) is 0 Å². The predicted molar refractivity (Wildman–Crippen MR) is 81.3 cm³/mol. The molecular formula is C17H24NO4+. The minimum atomic E-state index is -0.672. The molecule has 5 heteroatoms. The lowest BCUT2D eigenvalue weighted by Crippen LogP contribution is -3.13. The fourth-order valence-electron chi connectivity index (χ4n) is 3.11. The summed E-state index contributed by atoms with van der Waals surface area (Å²) in [4.78, 5) is 13.7. The molecule has 1 aromatic rings. The molecule has 0 aliphatic carbocycles. The SMILES string of the molecule is CC(C[NH+]1CCCCC1)OC(=O)C1COc2ccccc2O1. The number of fused-ring (bicyclic) bond motifs is 1. The van der Waals surface area contributed by atoms with Crippen molar-refractivity contribution < 1.29 is 23.9 Å². The molecule has 0 amide bonds. The van der Waals surface area contributed by atoms with Crippen LogP contribution in [0.1, 0.15) is 26.2 Å². The zero-order valence-electron chi connectivity index (χ0n) is 13.0. The lowest BCUT2D eigenvalue weighted by molar-refractivity contribution is -0.907. The van der Waals surface area contributed by atoms with Crippen LogP contribution in [0.2, 0.25) is 0 Å². The van der Waals surface area contributed by atoms with Crippen molar-refractivity contribution in [2.24, 2.45) is 0 Å². The van der Waals surface area contributed by atoms with Gasteiger partial charge in [-0.3, -0.25) is 0 Å². The first-order valence-corrected chi connectivity index (χ1v) is 8.15. The molecule has 0 bridgehead atoms. The van der Waals surface area contributed by atoms with E-state index in [9.17, 15) is 4.79 Å². The van der Waals surface area contributed by atoms with Crippen LogP contribution >= 0.6 is 0 Å². The number of carbonyl (C=O) groups excluding carboxylic acids is 1. The predicted octanol–water partition coefficient (Wildman–Crippen LogP) is 0.827. The van der Waals surface area contributed by atoms with Crippen molar-refractivity contribution in [3.8, 4) is 11.5 Å². The van der Waals surface area contributed by atoms with E-state index < -0.39 is 6.10 Å². The number of esters is 1. The fourth-order valence-corrected chi connectivity index (χ4v) is 3.11. The summed E-state index contributed by atoms with van der Waals surface area (Å²) in [7, 11) is 0. The molecule has 0 saturated carbocycles. The smallest absolute Gasteiger partial charge is 0.351 e. The highest BCUT2D eigenvalue weighted by Crippen LogP contribution is 2.31. The van der Waals surface area contributed by atoms with E-state index in [1.165, 1.54) is 37.3 Å². The molecule has 0 spiro atoms. The van der Waals surface area contributed by atoms with Crippen molar-refractivity contribution in [2.75, 3.05) is 26.2 Å². The largest absolute Gasteiger partial charge is 0.485 e. The number of carbonyl (C=O) groups is 1. The van der Waals surface area contributed by atoms with Crippen molar-refractivity contribution in [3.63, 3.8) is 0 Å². The van der Waals surface area contributed by atoms with E-state index in [0.29, 0.717) is 11.5 Å². The van der Waals surface area contributed by atoms with Gasteiger partial charge in [0.25, 0.3) is 0 Å². The Morgan fingerprint density at radius 1 is 1.27 bits per heavy atom. The first-order valence-electron chi connectivity index (χ1n) is 8.15. The van der Waals surface area contributed by atoms with Crippen LogP contribution in [0.3, 0.4) is 0 Å². The summed E-state index contributed by atoms with van der Waals surface area (Å²) in [5, 5.41) is 0. The van der Waals surface area contributed by atoms with Gasteiger partial charge in [0.15, 0.2) is 11.5 Å². The zero-order valence-corrected chi connectivity index (χ0v) is 13.0. The first kappa shape index (κ1) is 15.2. The van der Waals surface area contributed by atoms with Crippen molar-refractivity contribution in [1.82, 2.24) is 0 Å². The summed E-state index contributed by atoms with van der Waals surface area (Å²) in [6.45, 7) is 5.39. The van der Waals surface area contributed by atoms with E-state index in [-0.39, 0.29) is 18.7 Å². The standard InChI is InChI=1S/C17H23NO4/c1-13(11-18-9-5-2-6-10-18)21-17(19)16-12-20-14-7-3-4-8-15(14)22-16/h3-4,7-8,13,16H,2,5-6,9-12H2,1H3/p+1. The van der Waals surface area contributed by atoms with E-state index >= 15 is 0 Å². The molecule has 1 N–H and O–H groups in total. The molecular weight excluding hydrogens is 282 g/mol. The van der Waals surface area contributed by atoms with Gasteiger partial charge in [-0.05, 0) is 38.3 Å². The summed E-state index contributed by atoms with van der Waals surface area (Å²) in [5.74, 6) is 0.945. The molecule has 0 radical (unpaired) electrons. The fraction of sp³-hybridized carbons (Fsp3) is 0.588. The number of hydrogen-bond acceptors (Lipinski definition) is 4. The maximum Gasteiger partial charge on any atom is 0.351 e. The van der Waals surface area contributed by atoms with Gasteiger partial charge < -0.3 is 19.1 Å². The van der Waals surface area contributed by atoms with Gasteiger partial charge in [0, 0.05) is 0 Å². The second-order valence-electron chi connectivity index (χ2n) is 6.13. The Morgan fingerprint density at radius 2 is 2.00 bits per heavy atom. The van der Waals surface area contributed by atoms with Gasteiger partial charge in [0.05, 0.1) is 13.1 Å². The molecule has 3 rings (SSSR count). The zero-order chi connectivity index (χ0) is 15.4.